The lowest BCUT2D eigenvalue weighted by molar-refractivity contribution is -0.384. The van der Waals surface area contributed by atoms with Crippen LogP contribution in [0.2, 0.25) is 0 Å². The average molecular weight is 417 g/mol. The summed E-state index contributed by atoms with van der Waals surface area (Å²) in [6, 6.07) is 7.39. The molecule has 0 radical (unpaired) electrons. The van der Waals surface area contributed by atoms with Gasteiger partial charge in [0.1, 0.15) is 0 Å². The van der Waals surface area contributed by atoms with Gasteiger partial charge in [-0.1, -0.05) is 15.9 Å². The minimum Gasteiger partial charge on any atom is -0.477 e. The Morgan fingerprint density at radius 3 is 2.62 bits per heavy atom. The fourth-order valence-corrected chi connectivity index (χ4v) is 2.24. The summed E-state index contributed by atoms with van der Waals surface area (Å²) < 4.78 is 1.41. The van der Waals surface area contributed by atoms with E-state index in [0.29, 0.717) is 10.2 Å². The van der Waals surface area contributed by atoms with Gasteiger partial charge in [-0.2, -0.15) is 0 Å². The van der Waals surface area contributed by atoms with Crippen molar-refractivity contribution in [3.05, 3.63) is 55.1 Å². The minimum atomic E-state index is -1.26. The molecule has 0 unspecified atom stereocenters. The number of carboxylic acid groups (broad SMARTS) is 1. The summed E-state index contributed by atoms with van der Waals surface area (Å²) in [5, 5.41) is 22.7. The van der Waals surface area contributed by atoms with E-state index < -0.39 is 10.9 Å². The van der Waals surface area contributed by atoms with Gasteiger partial charge in [-0.3, -0.25) is 10.1 Å². The van der Waals surface area contributed by atoms with Crippen LogP contribution in [0.5, 0.6) is 0 Å². The van der Waals surface area contributed by atoms with E-state index in [1.165, 1.54) is 0 Å². The number of nitrogens with zero attached hydrogens (tertiary/aromatic N) is 2. The molecule has 0 amide bonds. The molecule has 0 aliphatic heterocycles. The molecule has 0 saturated carbocycles. The van der Waals surface area contributed by atoms with E-state index in [0.717, 1.165) is 16.6 Å². The molecule has 0 aliphatic carbocycles. The Bertz CT molecular complexity index is 736. The summed E-state index contributed by atoms with van der Waals surface area (Å²) in [5.41, 5.74) is -0.0800. The zero-order valence-electron chi connectivity index (χ0n) is 10.2. The fourth-order valence-electron chi connectivity index (χ4n) is 1.53. The van der Waals surface area contributed by atoms with Crippen molar-refractivity contribution < 1.29 is 14.8 Å². The molecule has 108 valence electrons. The van der Waals surface area contributed by atoms with E-state index in [1.54, 1.807) is 18.2 Å². The van der Waals surface area contributed by atoms with Crippen LogP contribution in [0.3, 0.4) is 0 Å². The molecular weight excluding hydrogens is 410 g/mol. The van der Waals surface area contributed by atoms with Crippen molar-refractivity contribution in [1.29, 1.82) is 0 Å². The highest BCUT2D eigenvalue weighted by molar-refractivity contribution is 9.11. The maximum Gasteiger partial charge on any atom is 0.354 e. The number of carboxylic acids is 1. The van der Waals surface area contributed by atoms with Crippen molar-refractivity contribution in [2.24, 2.45) is 0 Å². The number of pyridine rings is 1. The van der Waals surface area contributed by atoms with Gasteiger partial charge in [-0.25, -0.2) is 9.78 Å². The van der Waals surface area contributed by atoms with Gasteiger partial charge >= 0.3 is 11.7 Å². The Labute approximate surface area is 135 Å². The van der Waals surface area contributed by atoms with E-state index in [4.69, 9.17) is 5.11 Å². The lowest BCUT2D eigenvalue weighted by Crippen LogP contribution is -2.06. The van der Waals surface area contributed by atoms with Crippen LogP contribution in [0.25, 0.3) is 0 Å². The van der Waals surface area contributed by atoms with Crippen LogP contribution in [0.15, 0.2) is 39.3 Å². The molecule has 2 aromatic rings. The maximum atomic E-state index is 11.0. The Balaban J connectivity index is 2.50. The van der Waals surface area contributed by atoms with Crippen molar-refractivity contribution in [2.75, 3.05) is 5.32 Å². The summed E-state index contributed by atoms with van der Waals surface area (Å²) in [6.07, 6.45) is 0. The third-order valence-corrected chi connectivity index (χ3v) is 3.66. The SMILES string of the molecule is O=C(O)c1ccc([N+](=O)[O-])c(Nc2cc(Br)ccc2Br)n1. The van der Waals surface area contributed by atoms with Crippen LogP contribution in [0, 0.1) is 10.1 Å². The number of aromatic carboxylic acids is 1. The molecule has 0 atom stereocenters. The Hall–Kier alpha value is -2.00. The van der Waals surface area contributed by atoms with Gasteiger partial charge in [0.05, 0.1) is 10.6 Å². The number of aromatic nitrogens is 1. The van der Waals surface area contributed by atoms with E-state index >= 15 is 0 Å². The monoisotopic (exact) mass is 415 g/mol. The summed E-state index contributed by atoms with van der Waals surface area (Å²) in [4.78, 5) is 25.1. The van der Waals surface area contributed by atoms with E-state index in [-0.39, 0.29) is 17.2 Å². The summed E-state index contributed by atoms with van der Waals surface area (Å²) in [5.74, 6) is -1.40. The predicted octanol–water partition coefficient (Wildman–Crippen LogP) is 3.96. The van der Waals surface area contributed by atoms with Gasteiger partial charge in [0.2, 0.25) is 5.82 Å². The number of carbonyl (C=O) groups is 1. The summed E-state index contributed by atoms with van der Waals surface area (Å²) >= 11 is 6.59. The lowest BCUT2D eigenvalue weighted by atomic mass is 10.3. The molecule has 0 aliphatic rings. The highest BCUT2D eigenvalue weighted by atomic mass is 79.9. The highest BCUT2D eigenvalue weighted by Gasteiger charge is 2.19. The number of hydrogen-bond acceptors (Lipinski definition) is 5. The largest absolute Gasteiger partial charge is 0.477 e. The maximum absolute atomic E-state index is 11.0. The van der Waals surface area contributed by atoms with Crippen LogP contribution >= 0.6 is 31.9 Å². The number of anilines is 2. The second kappa shape index (κ2) is 6.19. The minimum absolute atomic E-state index is 0.140. The van der Waals surface area contributed by atoms with Gasteiger partial charge in [0, 0.05) is 15.0 Å². The zero-order chi connectivity index (χ0) is 15.6. The summed E-state index contributed by atoms with van der Waals surface area (Å²) in [6.45, 7) is 0. The van der Waals surface area contributed by atoms with Gasteiger partial charge in [-0.05, 0) is 40.2 Å². The van der Waals surface area contributed by atoms with Crippen LogP contribution in [-0.2, 0) is 0 Å². The first-order valence-corrected chi connectivity index (χ1v) is 7.08. The van der Waals surface area contributed by atoms with Crippen LogP contribution in [0.1, 0.15) is 10.5 Å². The van der Waals surface area contributed by atoms with Gasteiger partial charge in [0.25, 0.3) is 0 Å². The van der Waals surface area contributed by atoms with Crippen LogP contribution in [-0.4, -0.2) is 21.0 Å². The number of hydrogen-bond donors (Lipinski definition) is 2. The van der Waals surface area contributed by atoms with Crippen molar-refractivity contribution in [3.8, 4) is 0 Å². The normalized spacial score (nSPS) is 10.2. The number of benzene rings is 1. The number of halogens is 2. The number of rotatable bonds is 4. The Morgan fingerprint density at radius 1 is 1.29 bits per heavy atom. The second-order valence-corrected chi connectivity index (χ2v) is 5.65. The molecule has 1 aromatic carbocycles. The smallest absolute Gasteiger partial charge is 0.354 e. The molecular formula is C12H7Br2N3O4. The predicted molar refractivity (Wildman–Crippen MR) is 83.0 cm³/mol. The second-order valence-electron chi connectivity index (χ2n) is 3.88. The van der Waals surface area contributed by atoms with Crippen molar-refractivity contribution >= 4 is 55.0 Å². The average Bonchev–Trinajstić information content (AvgIpc) is 2.42. The first-order valence-electron chi connectivity index (χ1n) is 5.49. The first kappa shape index (κ1) is 15.4. The van der Waals surface area contributed by atoms with E-state index in [2.05, 4.69) is 42.2 Å². The quantitative estimate of drug-likeness (QED) is 0.577. The number of nitro groups is 1. The van der Waals surface area contributed by atoms with Gasteiger partial charge < -0.3 is 10.4 Å². The number of nitrogens with one attached hydrogen (secondary N) is 1. The Morgan fingerprint density at radius 2 is 2.00 bits per heavy atom. The standard InChI is InChI=1S/C12H7Br2N3O4/c13-6-1-2-7(14)9(5-6)16-11-10(17(20)21)4-3-8(15-11)12(18)19/h1-5H,(H,15,16)(H,18,19). The highest BCUT2D eigenvalue weighted by Crippen LogP contribution is 2.32. The van der Waals surface area contributed by atoms with Crippen LogP contribution < -0.4 is 5.32 Å². The van der Waals surface area contributed by atoms with E-state index in [9.17, 15) is 14.9 Å². The molecule has 1 heterocycles. The van der Waals surface area contributed by atoms with Crippen LogP contribution in [0.4, 0.5) is 17.2 Å². The topological polar surface area (TPSA) is 105 Å². The van der Waals surface area contributed by atoms with Crippen molar-refractivity contribution in [3.63, 3.8) is 0 Å². The molecule has 0 fully saturated rings. The molecule has 21 heavy (non-hydrogen) atoms. The van der Waals surface area contributed by atoms with Crippen molar-refractivity contribution in [1.82, 2.24) is 4.98 Å². The molecule has 2 rings (SSSR count). The Kier molecular flexibility index (Phi) is 4.53. The van der Waals surface area contributed by atoms with Gasteiger partial charge in [-0.15, -0.1) is 0 Å². The summed E-state index contributed by atoms with van der Waals surface area (Å²) in [7, 11) is 0. The van der Waals surface area contributed by atoms with E-state index in [1.807, 2.05) is 0 Å². The third-order valence-electron chi connectivity index (χ3n) is 2.47. The zero-order valence-corrected chi connectivity index (χ0v) is 13.4. The first-order chi connectivity index (χ1) is 9.88. The van der Waals surface area contributed by atoms with Gasteiger partial charge in [0.15, 0.2) is 5.69 Å². The fraction of sp³-hybridized carbons (Fsp3) is 0. The molecule has 1 aromatic heterocycles. The molecule has 2 N–H and O–H groups in total. The lowest BCUT2D eigenvalue weighted by Gasteiger charge is -2.09. The molecule has 0 saturated heterocycles. The molecule has 0 bridgehead atoms. The third kappa shape index (κ3) is 3.56. The molecule has 0 spiro atoms. The van der Waals surface area contributed by atoms with Crippen molar-refractivity contribution in [2.45, 2.75) is 0 Å². The molecule has 7 nitrogen and oxygen atoms in total. The molecule has 9 heteroatoms.